The van der Waals surface area contributed by atoms with E-state index in [0.29, 0.717) is 19.6 Å². The molecule has 1 aromatic carbocycles. The van der Waals surface area contributed by atoms with E-state index < -0.39 is 4.92 Å². The van der Waals surface area contributed by atoms with Crippen molar-refractivity contribution in [2.75, 3.05) is 32.7 Å². The zero-order chi connectivity index (χ0) is 20.6. The van der Waals surface area contributed by atoms with Crippen LogP contribution in [0.25, 0.3) is 0 Å². The van der Waals surface area contributed by atoms with Crippen LogP contribution in [0.3, 0.4) is 0 Å². The number of amides is 1. The molecule has 1 fully saturated rings. The average molecular weight is 543 g/mol. The van der Waals surface area contributed by atoms with Crippen LogP contribution in [0.15, 0.2) is 46.8 Å². The number of aliphatic imine (C=N–C) groups is 1. The van der Waals surface area contributed by atoms with Crippen molar-refractivity contribution in [2.24, 2.45) is 4.99 Å². The molecule has 0 saturated carbocycles. The van der Waals surface area contributed by atoms with Crippen LogP contribution >= 0.6 is 35.3 Å². The van der Waals surface area contributed by atoms with Crippen LogP contribution in [0.1, 0.15) is 17.4 Å². The number of nitrogens with one attached hydrogen (secondary N) is 1. The van der Waals surface area contributed by atoms with Crippen molar-refractivity contribution < 1.29 is 9.72 Å². The maximum atomic E-state index is 11.6. The number of rotatable bonds is 6. The van der Waals surface area contributed by atoms with Crippen molar-refractivity contribution in [1.82, 2.24) is 15.1 Å². The summed E-state index contributed by atoms with van der Waals surface area (Å²) in [5.41, 5.74) is 0.989. The van der Waals surface area contributed by atoms with E-state index in [9.17, 15) is 14.9 Å². The Morgan fingerprint density at radius 3 is 2.40 bits per heavy atom. The third-order valence-corrected chi connectivity index (χ3v) is 5.75. The highest BCUT2D eigenvalue weighted by Crippen LogP contribution is 2.13. The SMILES string of the molecule is CC(=O)N1CCN(C(=NCc2ccc([N+](=O)[O-])cc2)NCCc2cccs2)CC1.I. The number of thiophene rings is 1. The normalized spacial score (nSPS) is 14.2. The maximum Gasteiger partial charge on any atom is 0.269 e. The Kier molecular flexibility index (Phi) is 9.50. The van der Waals surface area contributed by atoms with Gasteiger partial charge >= 0.3 is 0 Å². The van der Waals surface area contributed by atoms with Gasteiger partial charge in [-0.2, -0.15) is 0 Å². The first kappa shape index (κ1) is 24.1. The number of hydrogen-bond acceptors (Lipinski definition) is 5. The van der Waals surface area contributed by atoms with Crippen molar-refractivity contribution in [3.8, 4) is 0 Å². The Labute approximate surface area is 197 Å². The Hall–Kier alpha value is -2.21. The summed E-state index contributed by atoms with van der Waals surface area (Å²) in [6, 6.07) is 10.6. The summed E-state index contributed by atoms with van der Waals surface area (Å²) in [4.78, 5) is 32.1. The minimum atomic E-state index is -0.404. The molecule has 1 saturated heterocycles. The number of piperazine rings is 1. The average Bonchev–Trinajstić information content (AvgIpc) is 3.24. The second-order valence-corrected chi connectivity index (χ2v) is 7.84. The molecule has 0 bridgehead atoms. The lowest BCUT2D eigenvalue weighted by molar-refractivity contribution is -0.384. The first-order valence-corrected chi connectivity index (χ1v) is 10.5. The van der Waals surface area contributed by atoms with Gasteiger partial charge in [-0.05, 0) is 23.4 Å². The highest BCUT2D eigenvalue weighted by molar-refractivity contribution is 14.0. The van der Waals surface area contributed by atoms with Crippen LogP contribution in [0.4, 0.5) is 5.69 Å². The number of hydrogen-bond donors (Lipinski definition) is 1. The molecule has 0 aliphatic carbocycles. The Balaban J connectivity index is 0.00000320. The quantitative estimate of drug-likeness (QED) is 0.199. The molecular weight excluding hydrogens is 517 g/mol. The zero-order valence-corrected chi connectivity index (χ0v) is 20.0. The monoisotopic (exact) mass is 543 g/mol. The molecule has 0 radical (unpaired) electrons. The maximum absolute atomic E-state index is 11.6. The van der Waals surface area contributed by atoms with Gasteiger partial charge in [0.1, 0.15) is 0 Å². The lowest BCUT2D eigenvalue weighted by Crippen LogP contribution is -2.53. The number of halogens is 1. The van der Waals surface area contributed by atoms with Crippen molar-refractivity contribution in [1.29, 1.82) is 0 Å². The highest BCUT2D eigenvalue weighted by atomic mass is 127. The third kappa shape index (κ3) is 6.94. The third-order valence-electron chi connectivity index (χ3n) is 4.82. The molecule has 0 unspecified atom stereocenters. The smallest absolute Gasteiger partial charge is 0.269 e. The molecule has 162 valence electrons. The van der Waals surface area contributed by atoms with Crippen LogP contribution in [0.2, 0.25) is 0 Å². The van der Waals surface area contributed by atoms with Gasteiger partial charge in [-0.15, -0.1) is 35.3 Å². The molecule has 10 heteroatoms. The fraction of sp³-hybridized carbons (Fsp3) is 0.400. The summed E-state index contributed by atoms with van der Waals surface area (Å²) in [5.74, 6) is 0.905. The number of non-ortho nitro benzene ring substituents is 1. The number of benzene rings is 1. The number of carbonyl (C=O) groups excluding carboxylic acids is 1. The predicted molar refractivity (Wildman–Crippen MR) is 130 cm³/mol. The summed E-state index contributed by atoms with van der Waals surface area (Å²) < 4.78 is 0. The van der Waals surface area contributed by atoms with Crippen LogP contribution in [-0.2, 0) is 17.8 Å². The van der Waals surface area contributed by atoms with E-state index >= 15 is 0 Å². The summed E-state index contributed by atoms with van der Waals surface area (Å²) in [6.07, 6.45) is 0.918. The molecule has 1 N–H and O–H groups in total. The summed E-state index contributed by atoms with van der Waals surface area (Å²) in [6.45, 7) is 5.61. The minimum Gasteiger partial charge on any atom is -0.356 e. The Morgan fingerprint density at radius 2 is 1.83 bits per heavy atom. The molecule has 0 spiro atoms. The molecule has 3 rings (SSSR count). The predicted octanol–water partition coefficient (Wildman–Crippen LogP) is 3.13. The number of nitro benzene ring substituents is 1. The van der Waals surface area contributed by atoms with Gasteiger partial charge in [-0.1, -0.05) is 18.2 Å². The van der Waals surface area contributed by atoms with E-state index in [0.717, 1.165) is 37.6 Å². The molecule has 1 aliphatic rings. The molecule has 2 aromatic rings. The first-order valence-electron chi connectivity index (χ1n) is 9.57. The van der Waals surface area contributed by atoms with Gasteiger partial charge in [0.2, 0.25) is 5.91 Å². The summed E-state index contributed by atoms with van der Waals surface area (Å²) in [7, 11) is 0. The molecule has 30 heavy (non-hydrogen) atoms. The molecule has 1 amide bonds. The van der Waals surface area contributed by atoms with E-state index in [-0.39, 0.29) is 35.6 Å². The van der Waals surface area contributed by atoms with Crippen molar-refractivity contribution in [3.63, 3.8) is 0 Å². The van der Waals surface area contributed by atoms with E-state index in [4.69, 9.17) is 4.99 Å². The fourth-order valence-electron chi connectivity index (χ4n) is 3.14. The van der Waals surface area contributed by atoms with Gasteiger partial charge in [0.15, 0.2) is 5.96 Å². The summed E-state index contributed by atoms with van der Waals surface area (Å²) in [5, 5.41) is 16.3. The van der Waals surface area contributed by atoms with Crippen molar-refractivity contribution in [2.45, 2.75) is 19.9 Å². The molecule has 2 heterocycles. The molecule has 0 atom stereocenters. The van der Waals surface area contributed by atoms with E-state index in [1.807, 2.05) is 11.0 Å². The number of nitrogens with zero attached hydrogens (tertiary/aromatic N) is 4. The van der Waals surface area contributed by atoms with Crippen LogP contribution in [-0.4, -0.2) is 59.3 Å². The van der Waals surface area contributed by atoms with Gasteiger partial charge in [-0.25, -0.2) is 4.99 Å². The van der Waals surface area contributed by atoms with Crippen molar-refractivity contribution in [3.05, 3.63) is 62.3 Å². The minimum absolute atomic E-state index is 0. The molecular formula is C20H26IN5O3S. The Morgan fingerprint density at radius 1 is 1.17 bits per heavy atom. The van der Waals surface area contributed by atoms with Crippen molar-refractivity contribution >= 4 is 52.9 Å². The van der Waals surface area contributed by atoms with Crippen LogP contribution in [0.5, 0.6) is 0 Å². The second kappa shape index (κ2) is 11.8. The molecule has 1 aromatic heterocycles. The summed E-state index contributed by atoms with van der Waals surface area (Å²) >= 11 is 1.73. The Bertz CT molecular complexity index is 850. The first-order chi connectivity index (χ1) is 14.0. The lowest BCUT2D eigenvalue weighted by Gasteiger charge is -2.36. The van der Waals surface area contributed by atoms with E-state index in [1.54, 1.807) is 30.4 Å². The van der Waals surface area contributed by atoms with Crippen LogP contribution < -0.4 is 5.32 Å². The van der Waals surface area contributed by atoms with Gasteiger partial charge in [0, 0.05) is 56.7 Å². The fourth-order valence-corrected chi connectivity index (χ4v) is 3.85. The molecule has 8 nitrogen and oxygen atoms in total. The number of carbonyl (C=O) groups is 1. The van der Waals surface area contributed by atoms with E-state index in [2.05, 4.69) is 21.7 Å². The highest BCUT2D eigenvalue weighted by Gasteiger charge is 2.21. The topological polar surface area (TPSA) is 91.1 Å². The van der Waals surface area contributed by atoms with Gasteiger partial charge in [0.25, 0.3) is 5.69 Å². The van der Waals surface area contributed by atoms with Gasteiger partial charge in [-0.3, -0.25) is 14.9 Å². The number of guanidine groups is 1. The number of nitro groups is 1. The zero-order valence-electron chi connectivity index (χ0n) is 16.8. The van der Waals surface area contributed by atoms with Gasteiger partial charge in [0.05, 0.1) is 11.5 Å². The van der Waals surface area contributed by atoms with Crippen LogP contribution in [0, 0.1) is 10.1 Å². The second-order valence-electron chi connectivity index (χ2n) is 6.81. The largest absolute Gasteiger partial charge is 0.356 e. The molecule has 1 aliphatic heterocycles. The standard InChI is InChI=1S/C20H25N5O3S.HI/c1-16(26)23-10-12-24(13-11-23)20(21-9-8-19-3-2-14-29-19)22-15-17-4-6-18(7-5-17)25(27)28;/h2-7,14H,8-13,15H2,1H3,(H,21,22);1H. The van der Waals surface area contributed by atoms with Gasteiger partial charge < -0.3 is 15.1 Å². The van der Waals surface area contributed by atoms with E-state index in [1.165, 1.54) is 17.0 Å². The lowest BCUT2D eigenvalue weighted by atomic mass is 10.2.